The zero-order chi connectivity index (χ0) is 17.4. The van der Waals surface area contributed by atoms with Crippen molar-refractivity contribution in [1.29, 1.82) is 0 Å². The molecular formula is C15H26N4O4. The van der Waals surface area contributed by atoms with E-state index in [1.165, 1.54) is 6.92 Å². The third-order valence-corrected chi connectivity index (χ3v) is 3.87. The van der Waals surface area contributed by atoms with Crippen LogP contribution < -0.4 is 22.1 Å². The quantitative estimate of drug-likeness (QED) is 0.345. The molecule has 130 valence electrons. The maximum Gasteiger partial charge on any atom is 0.243 e. The van der Waals surface area contributed by atoms with E-state index in [-0.39, 0.29) is 12.5 Å². The highest BCUT2D eigenvalue weighted by molar-refractivity contribution is 5.92. The Hall–Kier alpha value is -1.93. The minimum atomic E-state index is -1.20. The molecule has 1 unspecified atom stereocenters. The zero-order valence-corrected chi connectivity index (χ0v) is 13.3. The maximum atomic E-state index is 12.4. The van der Waals surface area contributed by atoms with Gasteiger partial charge in [0.2, 0.25) is 17.7 Å². The number of nitrogens with one attached hydrogen (secondary N) is 2. The predicted octanol–water partition coefficient (Wildman–Crippen LogP) is -1.47. The molecule has 0 saturated carbocycles. The fourth-order valence-electron chi connectivity index (χ4n) is 2.57. The van der Waals surface area contributed by atoms with Gasteiger partial charge in [-0.05, 0) is 38.5 Å². The van der Waals surface area contributed by atoms with Crippen LogP contribution in [0.4, 0.5) is 0 Å². The molecule has 0 spiro atoms. The van der Waals surface area contributed by atoms with E-state index in [1.807, 2.05) is 0 Å². The molecule has 1 aliphatic rings. The van der Waals surface area contributed by atoms with Gasteiger partial charge in [-0.25, -0.2) is 0 Å². The Balaban J connectivity index is 2.76. The number of allylic oxidation sites excluding steroid dienone is 2. The van der Waals surface area contributed by atoms with Gasteiger partial charge in [-0.2, -0.15) is 0 Å². The van der Waals surface area contributed by atoms with Crippen molar-refractivity contribution in [2.75, 3.05) is 6.54 Å². The number of aliphatic hydroxyl groups excluding tert-OH is 1. The number of nitrogens with two attached hydrogens (primary N) is 2. The number of hydrogen-bond acceptors (Lipinski definition) is 5. The molecule has 7 N–H and O–H groups in total. The largest absolute Gasteiger partial charge is 0.391 e. The maximum absolute atomic E-state index is 12.4. The van der Waals surface area contributed by atoms with E-state index in [0.717, 1.165) is 19.3 Å². The smallest absolute Gasteiger partial charge is 0.243 e. The van der Waals surface area contributed by atoms with Gasteiger partial charge < -0.3 is 27.2 Å². The molecule has 0 aliphatic heterocycles. The molecule has 0 aromatic rings. The van der Waals surface area contributed by atoms with Crippen LogP contribution in [0.5, 0.6) is 0 Å². The molecular weight excluding hydrogens is 300 g/mol. The van der Waals surface area contributed by atoms with E-state index < -0.39 is 35.9 Å². The zero-order valence-electron chi connectivity index (χ0n) is 13.3. The van der Waals surface area contributed by atoms with E-state index >= 15 is 0 Å². The molecule has 0 saturated heterocycles. The van der Waals surface area contributed by atoms with Crippen LogP contribution in [-0.2, 0) is 14.4 Å². The number of hydrogen-bond donors (Lipinski definition) is 5. The lowest BCUT2D eigenvalue weighted by Gasteiger charge is -2.26. The average molecular weight is 326 g/mol. The van der Waals surface area contributed by atoms with E-state index in [1.54, 1.807) is 0 Å². The first-order valence-electron chi connectivity index (χ1n) is 7.77. The van der Waals surface area contributed by atoms with Crippen LogP contribution in [-0.4, -0.2) is 47.6 Å². The number of rotatable bonds is 8. The van der Waals surface area contributed by atoms with Crippen molar-refractivity contribution in [3.05, 3.63) is 12.2 Å². The molecule has 0 radical (unpaired) electrons. The summed E-state index contributed by atoms with van der Waals surface area (Å²) >= 11 is 0. The van der Waals surface area contributed by atoms with E-state index in [2.05, 4.69) is 22.8 Å². The first-order valence-corrected chi connectivity index (χ1v) is 7.77. The Morgan fingerprint density at radius 3 is 2.48 bits per heavy atom. The van der Waals surface area contributed by atoms with Gasteiger partial charge >= 0.3 is 0 Å². The first kappa shape index (κ1) is 19.1. The summed E-state index contributed by atoms with van der Waals surface area (Å²) < 4.78 is 0. The third-order valence-electron chi connectivity index (χ3n) is 3.87. The molecule has 8 nitrogen and oxygen atoms in total. The van der Waals surface area contributed by atoms with E-state index in [0.29, 0.717) is 6.42 Å². The molecule has 4 atom stereocenters. The highest BCUT2D eigenvalue weighted by Gasteiger charge is 2.29. The van der Waals surface area contributed by atoms with Gasteiger partial charge in [0.15, 0.2) is 0 Å². The second kappa shape index (κ2) is 9.26. The lowest BCUT2D eigenvalue weighted by molar-refractivity contribution is -0.133. The number of aliphatic hydroxyl groups is 1. The Bertz CT molecular complexity index is 464. The molecule has 0 aromatic carbocycles. The molecule has 0 fully saturated rings. The second-order valence-electron chi connectivity index (χ2n) is 5.84. The highest BCUT2D eigenvalue weighted by atomic mass is 16.3. The molecule has 1 rings (SSSR count). The number of carbonyl (C=O) groups excluding carboxylic acids is 3. The summed E-state index contributed by atoms with van der Waals surface area (Å²) in [6.07, 6.45) is 6.14. The lowest BCUT2D eigenvalue weighted by atomic mass is 9.88. The van der Waals surface area contributed by atoms with Crippen LogP contribution in [0.3, 0.4) is 0 Å². The molecule has 3 amide bonds. The van der Waals surface area contributed by atoms with Crippen molar-refractivity contribution in [3.63, 3.8) is 0 Å². The Kier molecular flexibility index (Phi) is 7.70. The molecule has 8 heteroatoms. The minimum Gasteiger partial charge on any atom is -0.391 e. The van der Waals surface area contributed by atoms with Crippen molar-refractivity contribution in [3.8, 4) is 0 Å². The Labute approximate surface area is 135 Å². The van der Waals surface area contributed by atoms with Crippen LogP contribution >= 0.6 is 0 Å². The van der Waals surface area contributed by atoms with Gasteiger partial charge in [0.05, 0.1) is 12.6 Å². The van der Waals surface area contributed by atoms with Gasteiger partial charge in [-0.1, -0.05) is 12.2 Å². The normalized spacial score (nSPS) is 21.1. The monoisotopic (exact) mass is 326 g/mol. The number of carbonyl (C=O) groups is 3. The molecule has 0 aromatic heterocycles. The number of primary amides is 1. The van der Waals surface area contributed by atoms with Crippen molar-refractivity contribution < 1.29 is 19.5 Å². The molecule has 0 heterocycles. The molecule has 1 aliphatic carbocycles. The summed E-state index contributed by atoms with van der Waals surface area (Å²) in [6, 6.07) is -2.02. The Morgan fingerprint density at radius 1 is 1.30 bits per heavy atom. The third kappa shape index (κ3) is 6.37. The van der Waals surface area contributed by atoms with Crippen LogP contribution in [0.15, 0.2) is 12.2 Å². The van der Waals surface area contributed by atoms with Gasteiger partial charge in [-0.3, -0.25) is 14.4 Å². The SMILES string of the molecule is C[C@@H](O)[C@H](NC(=O)C(C[C@H]1CC=CCC1)NC(=O)CN)C(N)=O. The predicted molar refractivity (Wildman–Crippen MR) is 84.9 cm³/mol. The van der Waals surface area contributed by atoms with Crippen molar-refractivity contribution in [1.82, 2.24) is 10.6 Å². The van der Waals surface area contributed by atoms with Crippen molar-refractivity contribution in [2.24, 2.45) is 17.4 Å². The standard InChI is InChI=1S/C15H26N4O4/c1-9(20)13(14(17)22)19-15(23)11(18-12(21)8-16)7-10-5-3-2-4-6-10/h2-3,9-11,13,20H,4-8,16H2,1H3,(H2,17,22)(H,18,21)(H,19,23)/t9-,10+,11?,13+/m1/s1. The first-order chi connectivity index (χ1) is 10.8. The van der Waals surface area contributed by atoms with E-state index in [4.69, 9.17) is 11.5 Å². The average Bonchev–Trinajstić information content (AvgIpc) is 2.51. The van der Waals surface area contributed by atoms with Crippen LogP contribution in [0.25, 0.3) is 0 Å². The number of amides is 3. The van der Waals surface area contributed by atoms with Crippen molar-refractivity contribution in [2.45, 2.75) is 50.8 Å². The summed E-state index contributed by atoms with van der Waals surface area (Å²) in [4.78, 5) is 35.2. The van der Waals surface area contributed by atoms with Gasteiger partial charge in [0.1, 0.15) is 12.1 Å². The van der Waals surface area contributed by atoms with Gasteiger partial charge in [0, 0.05) is 0 Å². The summed E-state index contributed by atoms with van der Waals surface area (Å²) in [5.41, 5.74) is 10.4. The summed E-state index contributed by atoms with van der Waals surface area (Å²) in [5, 5.41) is 14.5. The molecule has 0 bridgehead atoms. The summed E-state index contributed by atoms with van der Waals surface area (Å²) in [7, 11) is 0. The summed E-state index contributed by atoms with van der Waals surface area (Å²) in [5.74, 6) is -1.58. The van der Waals surface area contributed by atoms with Crippen LogP contribution in [0, 0.1) is 5.92 Å². The van der Waals surface area contributed by atoms with Gasteiger partial charge in [-0.15, -0.1) is 0 Å². The van der Waals surface area contributed by atoms with Crippen LogP contribution in [0.1, 0.15) is 32.6 Å². The fraction of sp³-hybridized carbons (Fsp3) is 0.667. The summed E-state index contributed by atoms with van der Waals surface area (Å²) in [6.45, 7) is 1.12. The van der Waals surface area contributed by atoms with Crippen molar-refractivity contribution >= 4 is 17.7 Å². The fourth-order valence-corrected chi connectivity index (χ4v) is 2.57. The highest BCUT2D eigenvalue weighted by Crippen LogP contribution is 2.23. The lowest BCUT2D eigenvalue weighted by Crippen LogP contribution is -2.57. The van der Waals surface area contributed by atoms with E-state index in [9.17, 15) is 19.5 Å². The van der Waals surface area contributed by atoms with Gasteiger partial charge in [0.25, 0.3) is 0 Å². The topological polar surface area (TPSA) is 148 Å². The minimum absolute atomic E-state index is 0.232. The molecule has 23 heavy (non-hydrogen) atoms. The second-order valence-corrected chi connectivity index (χ2v) is 5.84. The Morgan fingerprint density at radius 2 is 2.00 bits per heavy atom. The van der Waals surface area contributed by atoms with Crippen LogP contribution in [0.2, 0.25) is 0 Å².